The van der Waals surface area contributed by atoms with Crippen LogP contribution in [0.15, 0.2) is 47.3 Å². The highest BCUT2D eigenvalue weighted by atomic mass is 16.2. The van der Waals surface area contributed by atoms with E-state index in [1.165, 1.54) is 0 Å². The molecule has 1 N–H and O–H groups in total. The first-order valence-corrected chi connectivity index (χ1v) is 8.09. The SMILES string of the molecule is CCCN1Cc2c(cccc2-c2nc3ccccc3[nH]c2=O)C1=O. The summed E-state index contributed by atoms with van der Waals surface area (Å²) in [5.74, 6) is 0.0333. The van der Waals surface area contributed by atoms with Crippen LogP contribution in [-0.4, -0.2) is 27.3 Å². The molecule has 0 atom stereocenters. The number of hydrogen-bond donors (Lipinski definition) is 1. The lowest BCUT2D eigenvalue weighted by Gasteiger charge is -2.13. The highest BCUT2D eigenvalue weighted by Crippen LogP contribution is 2.31. The first kappa shape index (κ1) is 14.6. The number of amides is 1. The summed E-state index contributed by atoms with van der Waals surface area (Å²) in [6.45, 7) is 3.30. The number of carbonyl (C=O) groups excluding carboxylic acids is 1. The maximum absolute atomic E-state index is 12.5. The fourth-order valence-electron chi connectivity index (χ4n) is 3.28. The van der Waals surface area contributed by atoms with Gasteiger partial charge in [0.05, 0.1) is 11.0 Å². The van der Waals surface area contributed by atoms with Crippen molar-refractivity contribution in [1.82, 2.24) is 14.9 Å². The van der Waals surface area contributed by atoms with Gasteiger partial charge in [-0.1, -0.05) is 31.2 Å². The van der Waals surface area contributed by atoms with E-state index in [2.05, 4.69) is 9.97 Å². The molecule has 3 aromatic rings. The zero-order valence-corrected chi connectivity index (χ0v) is 13.4. The predicted molar refractivity (Wildman–Crippen MR) is 92.8 cm³/mol. The highest BCUT2D eigenvalue weighted by molar-refractivity contribution is 6.00. The van der Waals surface area contributed by atoms with Crippen molar-refractivity contribution in [1.29, 1.82) is 0 Å². The standard InChI is InChI=1S/C19H17N3O2/c1-2-10-22-11-14-12(6-5-7-13(14)19(22)24)17-18(23)21-16-9-4-3-8-15(16)20-17/h3-9H,2,10-11H2,1H3,(H,21,23). The van der Waals surface area contributed by atoms with E-state index in [1.54, 1.807) is 0 Å². The lowest BCUT2D eigenvalue weighted by molar-refractivity contribution is 0.0778. The van der Waals surface area contributed by atoms with Crippen LogP contribution in [0.25, 0.3) is 22.3 Å². The Balaban J connectivity index is 1.90. The molecule has 0 radical (unpaired) electrons. The molecule has 0 spiro atoms. The Bertz CT molecular complexity index is 1010. The number of aromatic nitrogens is 2. The van der Waals surface area contributed by atoms with E-state index < -0.39 is 0 Å². The molecule has 5 heteroatoms. The van der Waals surface area contributed by atoms with E-state index in [0.29, 0.717) is 29.9 Å². The summed E-state index contributed by atoms with van der Waals surface area (Å²) < 4.78 is 0. The normalized spacial score (nSPS) is 13.5. The second-order valence-corrected chi connectivity index (χ2v) is 5.99. The second kappa shape index (κ2) is 5.60. The number of aromatic amines is 1. The third kappa shape index (κ3) is 2.21. The molecule has 1 aromatic heterocycles. The molecule has 120 valence electrons. The van der Waals surface area contributed by atoms with Crippen molar-refractivity contribution >= 4 is 16.9 Å². The molecule has 1 aliphatic rings. The van der Waals surface area contributed by atoms with Gasteiger partial charge in [0.15, 0.2) is 0 Å². The van der Waals surface area contributed by atoms with Crippen molar-refractivity contribution in [2.75, 3.05) is 6.54 Å². The molecule has 0 aliphatic carbocycles. The first-order valence-electron chi connectivity index (χ1n) is 8.09. The minimum absolute atomic E-state index is 0.0333. The van der Waals surface area contributed by atoms with Crippen molar-refractivity contribution in [3.63, 3.8) is 0 Å². The third-order valence-corrected chi connectivity index (χ3v) is 4.39. The fourth-order valence-corrected chi connectivity index (χ4v) is 3.28. The first-order chi connectivity index (χ1) is 11.7. The van der Waals surface area contributed by atoms with Crippen LogP contribution in [0, 0.1) is 0 Å². The summed E-state index contributed by atoms with van der Waals surface area (Å²) in [5.41, 5.74) is 3.90. The van der Waals surface area contributed by atoms with Crippen LogP contribution >= 0.6 is 0 Å². The van der Waals surface area contributed by atoms with Gasteiger partial charge in [0.25, 0.3) is 11.5 Å². The second-order valence-electron chi connectivity index (χ2n) is 5.99. The number of nitrogens with zero attached hydrogens (tertiary/aromatic N) is 2. The van der Waals surface area contributed by atoms with Gasteiger partial charge in [-0.15, -0.1) is 0 Å². The Labute approximate surface area is 139 Å². The van der Waals surface area contributed by atoms with Gasteiger partial charge in [-0.3, -0.25) is 9.59 Å². The molecule has 2 heterocycles. The van der Waals surface area contributed by atoms with Crippen LogP contribution in [-0.2, 0) is 6.54 Å². The van der Waals surface area contributed by atoms with E-state index in [9.17, 15) is 9.59 Å². The Kier molecular flexibility index (Phi) is 3.41. The van der Waals surface area contributed by atoms with E-state index in [1.807, 2.05) is 54.3 Å². The van der Waals surface area contributed by atoms with Crippen LogP contribution < -0.4 is 5.56 Å². The molecule has 0 bridgehead atoms. The molecule has 5 nitrogen and oxygen atoms in total. The van der Waals surface area contributed by atoms with Crippen LogP contribution in [0.4, 0.5) is 0 Å². The van der Waals surface area contributed by atoms with E-state index >= 15 is 0 Å². The molecule has 2 aromatic carbocycles. The molecular formula is C19H17N3O2. The molecule has 0 fully saturated rings. The number of H-pyrrole nitrogens is 1. The molecule has 1 aliphatic heterocycles. The van der Waals surface area contributed by atoms with Crippen LogP contribution in [0.2, 0.25) is 0 Å². The number of fused-ring (bicyclic) bond motifs is 2. The van der Waals surface area contributed by atoms with Crippen molar-refractivity contribution in [2.45, 2.75) is 19.9 Å². The van der Waals surface area contributed by atoms with Crippen LogP contribution in [0.1, 0.15) is 29.3 Å². The van der Waals surface area contributed by atoms with Gasteiger partial charge in [-0.25, -0.2) is 4.98 Å². The Morgan fingerprint density at radius 3 is 2.71 bits per heavy atom. The van der Waals surface area contributed by atoms with Gasteiger partial charge >= 0.3 is 0 Å². The van der Waals surface area contributed by atoms with E-state index in [0.717, 1.165) is 23.1 Å². The highest BCUT2D eigenvalue weighted by Gasteiger charge is 2.29. The van der Waals surface area contributed by atoms with Gasteiger partial charge in [0, 0.05) is 24.2 Å². The van der Waals surface area contributed by atoms with E-state index in [4.69, 9.17) is 0 Å². The monoisotopic (exact) mass is 319 g/mol. The van der Waals surface area contributed by atoms with E-state index in [-0.39, 0.29) is 11.5 Å². The molecule has 24 heavy (non-hydrogen) atoms. The zero-order chi connectivity index (χ0) is 16.7. The summed E-state index contributed by atoms with van der Waals surface area (Å²) >= 11 is 0. The number of rotatable bonds is 3. The summed E-state index contributed by atoms with van der Waals surface area (Å²) in [6, 6.07) is 13.0. The molecule has 0 unspecified atom stereocenters. The lowest BCUT2D eigenvalue weighted by atomic mass is 10.0. The molecule has 1 amide bonds. The largest absolute Gasteiger partial charge is 0.334 e. The van der Waals surface area contributed by atoms with Gasteiger partial charge in [0.1, 0.15) is 5.69 Å². The number of benzene rings is 2. The maximum atomic E-state index is 12.5. The lowest BCUT2D eigenvalue weighted by Crippen LogP contribution is -2.24. The van der Waals surface area contributed by atoms with Crippen LogP contribution in [0.3, 0.4) is 0 Å². The van der Waals surface area contributed by atoms with Crippen molar-refractivity contribution in [3.8, 4) is 11.3 Å². The van der Waals surface area contributed by atoms with Crippen molar-refractivity contribution in [2.24, 2.45) is 0 Å². The maximum Gasteiger partial charge on any atom is 0.274 e. The Hall–Kier alpha value is -2.95. The third-order valence-electron chi connectivity index (χ3n) is 4.39. The van der Waals surface area contributed by atoms with Gasteiger partial charge < -0.3 is 9.88 Å². The Morgan fingerprint density at radius 1 is 1.08 bits per heavy atom. The predicted octanol–water partition coefficient (Wildman–Crippen LogP) is 2.96. The Morgan fingerprint density at radius 2 is 1.88 bits per heavy atom. The minimum atomic E-state index is -0.233. The summed E-state index contributed by atoms with van der Waals surface area (Å²) in [4.78, 5) is 34.2. The molecule has 0 saturated carbocycles. The van der Waals surface area contributed by atoms with Gasteiger partial charge in [0.2, 0.25) is 0 Å². The quantitative estimate of drug-likeness (QED) is 0.807. The number of carbonyl (C=O) groups is 1. The molecular weight excluding hydrogens is 302 g/mol. The summed E-state index contributed by atoms with van der Waals surface area (Å²) in [6.07, 6.45) is 0.907. The summed E-state index contributed by atoms with van der Waals surface area (Å²) in [5, 5.41) is 0. The number of hydrogen-bond acceptors (Lipinski definition) is 3. The fraction of sp³-hybridized carbons (Fsp3) is 0.211. The average Bonchev–Trinajstić information content (AvgIpc) is 2.91. The molecule has 0 saturated heterocycles. The zero-order valence-electron chi connectivity index (χ0n) is 13.4. The minimum Gasteiger partial charge on any atom is -0.334 e. The average molecular weight is 319 g/mol. The smallest absolute Gasteiger partial charge is 0.274 e. The van der Waals surface area contributed by atoms with Crippen molar-refractivity contribution in [3.05, 3.63) is 63.9 Å². The topological polar surface area (TPSA) is 66.1 Å². The number of nitrogens with one attached hydrogen (secondary N) is 1. The summed E-state index contributed by atoms with van der Waals surface area (Å²) in [7, 11) is 0. The molecule has 4 rings (SSSR count). The number of para-hydroxylation sites is 2. The van der Waals surface area contributed by atoms with Gasteiger partial charge in [-0.2, -0.15) is 0 Å². The van der Waals surface area contributed by atoms with Gasteiger partial charge in [-0.05, 0) is 30.2 Å². The van der Waals surface area contributed by atoms with Crippen LogP contribution in [0.5, 0.6) is 0 Å². The van der Waals surface area contributed by atoms with Crippen molar-refractivity contribution < 1.29 is 4.79 Å².